The van der Waals surface area contributed by atoms with E-state index in [2.05, 4.69) is 5.32 Å². The molecule has 20 heavy (non-hydrogen) atoms. The zero-order chi connectivity index (χ0) is 14.7. The molecule has 2 rings (SSSR count). The molecule has 0 unspecified atom stereocenters. The van der Waals surface area contributed by atoms with E-state index in [9.17, 15) is 9.18 Å². The Bertz CT molecular complexity index is 621. The first-order valence-electron chi connectivity index (χ1n) is 6.29. The third kappa shape index (κ3) is 3.05. The van der Waals surface area contributed by atoms with Crippen molar-refractivity contribution in [3.63, 3.8) is 0 Å². The lowest BCUT2D eigenvalue weighted by Crippen LogP contribution is -2.18. The average molecular weight is 277 g/mol. The summed E-state index contributed by atoms with van der Waals surface area (Å²) < 4.78 is 18.8. The smallest absolute Gasteiger partial charge is 0.372 e. The number of hydrogen-bond donors (Lipinski definition) is 2. The van der Waals surface area contributed by atoms with E-state index in [1.165, 1.54) is 6.07 Å². The van der Waals surface area contributed by atoms with Gasteiger partial charge in [-0.2, -0.15) is 0 Å². The van der Waals surface area contributed by atoms with Gasteiger partial charge in [0, 0.05) is 17.2 Å². The number of carboxylic acids is 1. The van der Waals surface area contributed by atoms with E-state index in [1.54, 1.807) is 31.2 Å². The van der Waals surface area contributed by atoms with Crippen molar-refractivity contribution >= 4 is 5.97 Å². The van der Waals surface area contributed by atoms with Gasteiger partial charge in [-0.3, -0.25) is 0 Å². The van der Waals surface area contributed by atoms with Gasteiger partial charge in [0.25, 0.3) is 0 Å². The number of aromatic carboxylic acids is 1. The lowest BCUT2D eigenvalue weighted by molar-refractivity contribution is 0.0659. The van der Waals surface area contributed by atoms with E-state index in [4.69, 9.17) is 9.52 Å². The van der Waals surface area contributed by atoms with Crippen LogP contribution in [-0.2, 0) is 6.54 Å². The second-order valence-electron chi connectivity index (χ2n) is 4.65. The Balaban J connectivity index is 2.04. The fraction of sp³-hybridized carbons (Fsp3) is 0.267. The number of carbonyl (C=O) groups is 1. The fourth-order valence-electron chi connectivity index (χ4n) is 2.04. The number of aryl methyl sites for hydroxylation is 1. The van der Waals surface area contributed by atoms with Gasteiger partial charge in [0.05, 0.1) is 6.54 Å². The van der Waals surface area contributed by atoms with E-state index in [0.29, 0.717) is 23.4 Å². The monoisotopic (exact) mass is 277 g/mol. The van der Waals surface area contributed by atoms with Crippen LogP contribution in [0.5, 0.6) is 0 Å². The maximum Gasteiger partial charge on any atom is 0.372 e. The number of hydrogen-bond acceptors (Lipinski definition) is 3. The van der Waals surface area contributed by atoms with E-state index in [0.717, 1.165) is 0 Å². The number of furan rings is 1. The second kappa shape index (κ2) is 5.88. The molecule has 0 saturated heterocycles. The minimum absolute atomic E-state index is 0.0552. The van der Waals surface area contributed by atoms with Crippen LogP contribution in [0.3, 0.4) is 0 Å². The van der Waals surface area contributed by atoms with Gasteiger partial charge >= 0.3 is 5.97 Å². The van der Waals surface area contributed by atoms with Crippen LogP contribution in [0, 0.1) is 12.7 Å². The maximum atomic E-state index is 13.6. The van der Waals surface area contributed by atoms with Gasteiger partial charge in [-0.05, 0) is 26.0 Å². The summed E-state index contributed by atoms with van der Waals surface area (Å²) in [5, 5.41) is 12.0. The van der Waals surface area contributed by atoms with Crippen LogP contribution in [0.2, 0.25) is 0 Å². The third-order valence-electron chi connectivity index (χ3n) is 3.12. The van der Waals surface area contributed by atoms with Gasteiger partial charge in [-0.1, -0.05) is 18.2 Å². The Labute approximate surface area is 116 Å². The van der Waals surface area contributed by atoms with Crippen molar-refractivity contribution in [3.05, 3.63) is 58.8 Å². The molecule has 0 saturated carbocycles. The Morgan fingerprint density at radius 3 is 2.75 bits per heavy atom. The number of halogens is 1. The molecule has 2 aromatic rings. The van der Waals surface area contributed by atoms with Crippen LogP contribution in [0.4, 0.5) is 4.39 Å². The maximum absolute atomic E-state index is 13.6. The highest BCUT2D eigenvalue weighted by atomic mass is 19.1. The van der Waals surface area contributed by atoms with Crippen LogP contribution in [0.1, 0.15) is 40.4 Å². The van der Waals surface area contributed by atoms with Gasteiger partial charge in [0.15, 0.2) is 0 Å². The molecule has 2 N–H and O–H groups in total. The molecule has 1 atom stereocenters. The lowest BCUT2D eigenvalue weighted by atomic mass is 10.1. The summed E-state index contributed by atoms with van der Waals surface area (Å²) in [6.45, 7) is 3.85. The van der Waals surface area contributed by atoms with E-state index >= 15 is 0 Å². The molecule has 0 fully saturated rings. The van der Waals surface area contributed by atoms with E-state index in [-0.39, 0.29) is 17.6 Å². The van der Waals surface area contributed by atoms with E-state index in [1.807, 2.05) is 6.92 Å². The largest absolute Gasteiger partial charge is 0.475 e. The number of rotatable bonds is 5. The predicted molar refractivity (Wildman–Crippen MR) is 72.1 cm³/mol. The minimum atomic E-state index is -1.09. The minimum Gasteiger partial charge on any atom is -0.475 e. The molecule has 0 radical (unpaired) electrons. The third-order valence-corrected chi connectivity index (χ3v) is 3.12. The van der Waals surface area contributed by atoms with Gasteiger partial charge in [-0.15, -0.1) is 0 Å². The predicted octanol–water partition coefficient (Wildman–Crippen LogP) is 3.28. The quantitative estimate of drug-likeness (QED) is 0.880. The molecular weight excluding hydrogens is 261 g/mol. The van der Waals surface area contributed by atoms with Gasteiger partial charge in [-0.25, -0.2) is 9.18 Å². The van der Waals surface area contributed by atoms with Crippen molar-refractivity contribution in [2.45, 2.75) is 26.4 Å². The van der Waals surface area contributed by atoms with Crippen molar-refractivity contribution in [2.24, 2.45) is 0 Å². The van der Waals surface area contributed by atoms with Crippen molar-refractivity contribution in [2.75, 3.05) is 0 Å². The zero-order valence-corrected chi connectivity index (χ0v) is 11.3. The normalized spacial score (nSPS) is 12.3. The Hall–Kier alpha value is -2.14. The molecule has 0 bridgehead atoms. The molecule has 0 aliphatic carbocycles. The molecule has 5 heteroatoms. The highest BCUT2D eigenvalue weighted by Gasteiger charge is 2.15. The van der Waals surface area contributed by atoms with Crippen LogP contribution in [0.25, 0.3) is 0 Å². The van der Waals surface area contributed by atoms with E-state index < -0.39 is 5.97 Å². The van der Waals surface area contributed by atoms with Gasteiger partial charge < -0.3 is 14.8 Å². The molecule has 1 aromatic carbocycles. The summed E-state index contributed by atoms with van der Waals surface area (Å²) in [4.78, 5) is 10.9. The molecule has 4 nitrogen and oxygen atoms in total. The highest BCUT2D eigenvalue weighted by Crippen LogP contribution is 2.18. The number of benzene rings is 1. The van der Waals surface area contributed by atoms with Crippen LogP contribution in [0.15, 0.2) is 34.7 Å². The molecule has 0 amide bonds. The Morgan fingerprint density at radius 1 is 1.45 bits per heavy atom. The standard InChI is InChI=1S/C15H16FNO3/c1-9-7-11(20-14(9)15(18)19)8-17-10(2)12-5-3-4-6-13(12)16/h3-7,10,17H,8H2,1-2H3,(H,18,19)/t10-/m1/s1. The molecule has 0 aliphatic heterocycles. The van der Waals surface area contributed by atoms with Crippen LogP contribution < -0.4 is 5.32 Å². The zero-order valence-electron chi connectivity index (χ0n) is 11.3. The summed E-state index contributed by atoms with van der Waals surface area (Å²) in [7, 11) is 0. The first kappa shape index (κ1) is 14.3. The number of carboxylic acid groups (broad SMARTS) is 1. The molecule has 1 aromatic heterocycles. The second-order valence-corrected chi connectivity index (χ2v) is 4.65. The van der Waals surface area contributed by atoms with Crippen LogP contribution >= 0.6 is 0 Å². The molecular formula is C15H16FNO3. The lowest BCUT2D eigenvalue weighted by Gasteiger charge is -2.13. The van der Waals surface area contributed by atoms with Crippen LogP contribution in [-0.4, -0.2) is 11.1 Å². The molecule has 0 spiro atoms. The topological polar surface area (TPSA) is 62.5 Å². The number of nitrogens with one attached hydrogen (secondary N) is 1. The average Bonchev–Trinajstić information content (AvgIpc) is 2.78. The van der Waals surface area contributed by atoms with Gasteiger partial charge in [0.2, 0.25) is 5.76 Å². The summed E-state index contributed by atoms with van der Waals surface area (Å²) in [5.74, 6) is -0.895. The van der Waals surface area contributed by atoms with Crippen molar-refractivity contribution in [1.29, 1.82) is 0 Å². The first-order chi connectivity index (χ1) is 9.49. The van der Waals surface area contributed by atoms with Crippen molar-refractivity contribution in [1.82, 2.24) is 5.32 Å². The first-order valence-corrected chi connectivity index (χ1v) is 6.29. The summed E-state index contributed by atoms with van der Waals surface area (Å²) >= 11 is 0. The Morgan fingerprint density at radius 2 is 2.15 bits per heavy atom. The summed E-state index contributed by atoms with van der Waals surface area (Å²) in [5.41, 5.74) is 1.14. The highest BCUT2D eigenvalue weighted by molar-refractivity contribution is 5.86. The Kier molecular flexibility index (Phi) is 4.20. The van der Waals surface area contributed by atoms with Crippen molar-refractivity contribution in [3.8, 4) is 0 Å². The van der Waals surface area contributed by atoms with Gasteiger partial charge in [0.1, 0.15) is 11.6 Å². The fourth-order valence-corrected chi connectivity index (χ4v) is 2.04. The molecule has 0 aliphatic rings. The SMILES string of the molecule is Cc1cc(CN[C@H](C)c2ccccc2F)oc1C(=O)O. The van der Waals surface area contributed by atoms with Crippen molar-refractivity contribution < 1.29 is 18.7 Å². The molecule has 1 heterocycles. The summed E-state index contributed by atoms with van der Waals surface area (Å²) in [6.07, 6.45) is 0. The summed E-state index contributed by atoms with van der Waals surface area (Å²) in [6, 6.07) is 8.01. The molecule has 106 valence electrons.